The third-order valence-electron chi connectivity index (χ3n) is 5.78. The molecule has 0 saturated carbocycles. The number of nitrogens with one attached hydrogen (secondary N) is 1. The van der Waals surface area contributed by atoms with Crippen molar-refractivity contribution in [1.29, 1.82) is 0 Å². The van der Waals surface area contributed by atoms with E-state index in [-0.39, 0.29) is 10.6 Å². The topological polar surface area (TPSA) is 89.3 Å². The number of hydrogen-bond donors (Lipinski definition) is 1. The van der Waals surface area contributed by atoms with Crippen molar-refractivity contribution >= 4 is 21.3 Å². The molecule has 0 amide bonds. The van der Waals surface area contributed by atoms with Crippen LogP contribution in [0.5, 0.6) is 0 Å². The van der Waals surface area contributed by atoms with Crippen LogP contribution in [0.2, 0.25) is 0 Å². The monoisotopic (exact) mass is 498 g/mol. The van der Waals surface area contributed by atoms with Crippen molar-refractivity contribution < 1.29 is 13.3 Å². The number of benzene rings is 4. The molecule has 4 aromatic rings. The second-order valence-corrected chi connectivity index (χ2v) is 10.2. The predicted molar refractivity (Wildman–Crippen MR) is 142 cm³/mol. The molecule has 0 aliphatic rings. The van der Waals surface area contributed by atoms with Crippen LogP contribution in [0.1, 0.15) is 22.3 Å². The maximum atomic E-state index is 13.3. The van der Waals surface area contributed by atoms with E-state index in [0.717, 1.165) is 27.8 Å². The van der Waals surface area contributed by atoms with Gasteiger partial charge in [0.15, 0.2) is 0 Å². The van der Waals surface area contributed by atoms with Crippen LogP contribution in [-0.4, -0.2) is 19.4 Å². The minimum absolute atomic E-state index is 0.0136. The molecule has 0 bridgehead atoms. The Balaban J connectivity index is 1.77. The highest BCUT2D eigenvalue weighted by molar-refractivity contribution is 7.89. The van der Waals surface area contributed by atoms with Gasteiger partial charge in [-0.15, -0.1) is 0 Å². The second kappa shape index (κ2) is 11.1. The Hall–Kier alpha value is -4.07. The van der Waals surface area contributed by atoms with Crippen LogP contribution >= 0.6 is 0 Å². The molecule has 1 unspecified atom stereocenters. The first-order valence-corrected chi connectivity index (χ1v) is 13.0. The first kappa shape index (κ1) is 25.0. The fourth-order valence-corrected chi connectivity index (χ4v) is 5.10. The van der Waals surface area contributed by atoms with E-state index in [9.17, 15) is 18.5 Å². The molecule has 0 aliphatic carbocycles. The molecule has 0 spiro atoms. The van der Waals surface area contributed by atoms with Crippen molar-refractivity contribution in [3.05, 3.63) is 148 Å². The van der Waals surface area contributed by atoms with Crippen LogP contribution in [0.25, 0.3) is 5.57 Å². The normalized spacial score (nSPS) is 12.0. The summed E-state index contributed by atoms with van der Waals surface area (Å²) in [6.07, 6.45) is 2.23. The highest BCUT2D eigenvalue weighted by Crippen LogP contribution is 2.25. The highest BCUT2D eigenvalue weighted by atomic mass is 32.2. The second-order valence-electron chi connectivity index (χ2n) is 8.48. The summed E-state index contributed by atoms with van der Waals surface area (Å²) in [4.78, 5) is 10.8. The Morgan fingerprint density at radius 2 is 1.36 bits per heavy atom. The summed E-state index contributed by atoms with van der Waals surface area (Å²) in [5.41, 5.74) is 4.51. The summed E-state index contributed by atoms with van der Waals surface area (Å²) in [6, 6.07) is 31.8. The molecule has 7 heteroatoms. The Bertz CT molecular complexity index is 1410. The standard InChI is InChI=1S/C29H26N2O4S/c1-22-12-18-28(19-13-22)36(34,35)30-26(20-23-14-16-27(17-15-23)31(32)33)21-29(24-8-4-2-5-9-24)25-10-6-3-7-11-25/h2-19,21,26,30H,20H2,1H3. The fourth-order valence-electron chi connectivity index (χ4n) is 3.92. The zero-order chi connectivity index (χ0) is 25.5. The molecule has 36 heavy (non-hydrogen) atoms. The molecular formula is C29H26N2O4S. The molecule has 0 saturated heterocycles. The first-order chi connectivity index (χ1) is 17.3. The van der Waals surface area contributed by atoms with Crippen LogP contribution in [-0.2, 0) is 16.4 Å². The van der Waals surface area contributed by atoms with E-state index in [1.165, 1.54) is 12.1 Å². The van der Waals surface area contributed by atoms with Gasteiger partial charge >= 0.3 is 0 Å². The van der Waals surface area contributed by atoms with Crippen molar-refractivity contribution in [2.45, 2.75) is 24.3 Å². The lowest BCUT2D eigenvalue weighted by Gasteiger charge is -2.19. The van der Waals surface area contributed by atoms with Crippen LogP contribution in [0, 0.1) is 17.0 Å². The summed E-state index contributed by atoms with van der Waals surface area (Å²) in [7, 11) is -3.83. The van der Waals surface area contributed by atoms with Crippen molar-refractivity contribution in [3.8, 4) is 0 Å². The van der Waals surface area contributed by atoms with E-state index in [4.69, 9.17) is 0 Å². The van der Waals surface area contributed by atoms with Gasteiger partial charge in [-0.25, -0.2) is 13.1 Å². The molecule has 4 aromatic carbocycles. The van der Waals surface area contributed by atoms with E-state index in [1.807, 2.05) is 73.7 Å². The fraction of sp³-hybridized carbons (Fsp3) is 0.103. The van der Waals surface area contributed by atoms with E-state index in [2.05, 4.69) is 4.72 Å². The quantitative estimate of drug-likeness (QED) is 0.229. The minimum atomic E-state index is -3.83. The van der Waals surface area contributed by atoms with Crippen LogP contribution < -0.4 is 4.72 Å². The third-order valence-corrected chi connectivity index (χ3v) is 7.28. The summed E-state index contributed by atoms with van der Waals surface area (Å²) in [6.45, 7) is 1.90. The maximum absolute atomic E-state index is 13.3. The van der Waals surface area contributed by atoms with Crippen LogP contribution in [0.15, 0.2) is 120 Å². The zero-order valence-corrected chi connectivity index (χ0v) is 20.6. The molecule has 1 N–H and O–H groups in total. The number of aryl methyl sites for hydroxylation is 1. The van der Waals surface area contributed by atoms with Crippen molar-refractivity contribution in [2.75, 3.05) is 0 Å². The Labute approximate surface area is 211 Å². The molecule has 0 aromatic heterocycles. The largest absolute Gasteiger partial charge is 0.269 e. The molecular weight excluding hydrogens is 472 g/mol. The van der Waals surface area contributed by atoms with Crippen molar-refractivity contribution in [3.63, 3.8) is 0 Å². The molecule has 0 heterocycles. The summed E-state index contributed by atoms with van der Waals surface area (Å²) >= 11 is 0. The van der Waals surface area contributed by atoms with Gasteiger partial charge in [0.1, 0.15) is 0 Å². The summed E-state index contributed by atoms with van der Waals surface area (Å²) in [5, 5.41) is 11.1. The SMILES string of the molecule is Cc1ccc(S(=O)(=O)NC(C=C(c2ccccc2)c2ccccc2)Cc2ccc([N+](=O)[O-])cc2)cc1. The number of nitro benzene ring substituents is 1. The number of nitro groups is 1. The van der Waals surface area contributed by atoms with E-state index in [1.54, 1.807) is 36.4 Å². The molecule has 1 atom stereocenters. The number of hydrogen-bond acceptors (Lipinski definition) is 4. The van der Waals surface area contributed by atoms with Gasteiger partial charge in [-0.1, -0.05) is 96.6 Å². The predicted octanol–water partition coefficient (Wildman–Crippen LogP) is 5.92. The van der Waals surface area contributed by atoms with E-state index >= 15 is 0 Å². The number of non-ortho nitro benzene ring substituents is 1. The zero-order valence-electron chi connectivity index (χ0n) is 19.7. The Kier molecular flexibility index (Phi) is 7.73. The lowest BCUT2D eigenvalue weighted by molar-refractivity contribution is -0.384. The van der Waals surface area contributed by atoms with Crippen LogP contribution in [0.4, 0.5) is 5.69 Å². The maximum Gasteiger partial charge on any atom is 0.269 e. The molecule has 0 radical (unpaired) electrons. The van der Waals surface area contributed by atoms with E-state index < -0.39 is 21.0 Å². The molecule has 6 nitrogen and oxygen atoms in total. The highest BCUT2D eigenvalue weighted by Gasteiger charge is 2.21. The average molecular weight is 499 g/mol. The van der Waals surface area contributed by atoms with Gasteiger partial charge in [0.05, 0.1) is 9.82 Å². The lowest BCUT2D eigenvalue weighted by Crippen LogP contribution is -2.35. The number of sulfonamides is 1. The number of nitrogens with zero attached hydrogens (tertiary/aromatic N) is 1. The summed E-state index contributed by atoms with van der Waals surface area (Å²) in [5.74, 6) is 0. The van der Waals surface area contributed by atoms with Gasteiger partial charge in [0, 0.05) is 18.2 Å². The van der Waals surface area contributed by atoms with E-state index in [0.29, 0.717) is 6.42 Å². The smallest absolute Gasteiger partial charge is 0.258 e. The Morgan fingerprint density at radius 1 is 0.833 bits per heavy atom. The molecule has 4 rings (SSSR count). The van der Waals surface area contributed by atoms with Gasteiger partial charge in [0.25, 0.3) is 5.69 Å². The average Bonchev–Trinajstić information content (AvgIpc) is 2.88. The lowest BCUT2D eigenvalue weighted by atomic mass is 9.94. The Morgan fingerprint density at radius 3 is 1.86 bits per heavy atom. The van der Waals surface area contributed by atoms with Gasteiger partial charge in [-0.2, -0.15) is 0 Å². The minimum Gasteiger partial charge on any atom is -0.258 e. The number of rotatable bonds is 9. The van der Waals surface area contributed by atoms with Gasteiger partial charge in [-0.3, -0.25) is 10.1 Å². The molecule has 182 valence electrons. The van der Waals surface area contributed by atoms with Crippen molar-refractivity contribution in [1.82, 2.24) is 4.72 Å². The molecule has 0 aliphatic heterocycles. The molecule has 0 fully saturated rings. The van der Waals surface area contributed by atoms with Crippen molar-refractivity contribution in [2.24, 2.45) is 0 Å². The third kappa shape index (κ3) is 6.33. The van der Waals surface area contributed by atoms with Gasteiger partial charge in [0.2, 0.25) is 10.0 Å². The first-order valence-electron chi connectivity index (χ1n) is 11.5. The van der Waals surface area contributed by atoms with Gasteiger partial charge in [-0.05, 0) is 47.7 Å². The summed E-state index contributed by atoms with van der Waals surface area (Å²) < 4.78 is 29.5. The van der Waals surface area contributed by atoms with Crippen LogP contribution in [0.3, 0.4) is 0 Å². The van der Waals surface area contributed by atoms with Gasteiger partial charge < -0.3 is 0 Å².